The molecule has 1 aromatic heterocycles. The molecule has 3 heteroatoms. The van der Waals surface area contributed by atoms with Gasteiger partial charge in [-0.1, -0.05) is 6.07 Å². The standard InChI is InChI=1S/C11H16N2O/c14-8-2-7-12-10-5-4-9-3-1-6-13-11(9)10/h1,3,6,10,12,14H,2,4-5,7-8H2. The molecule has 1 aromatic rings. The maximum absolute atomic E-state index is 8.68. The van der Waals surface area contributed by atoms with Crippen LogP contribution in [-0.4, -0.2) is 23.2 Å². The smallest absolute Gasteiger partial charge is 0.0605 e. The lowest BCUT2D eigenvalue weighted by Crippen LogP contribution is -2.21. The molecule has 76 valence electrons. The Balaban J connectivity index is 1.96. The van der Waals surface area contributed by atoms with Crippen LogP contribution in [0.4, 0.5) is 0 Å². The molecule has 1 atom stereocenters. The molecule has 2 rings (SSSR count). The molecule has 0 spiro atoms. The molecule has 0 radical (unpaired) electrons. The lowest BCUT2D eigenvalue weighted by atomic mass is 10.2. The van der Waals surface area contributed by atoms with E-state index >= 15 is 0 Å². The van der Waals surface area contributed by atoms with E-state index in [9.17, 15) is 0 Å². The highest BCUT2D eigenvalue weighted by atomic mass is 16.3. The first-order chi connectivity index (χ1) is 6.92. The van der Waals surface area contributed by atoms with E-state index in [0.29, 0.717) is 6.04 Å². The van der Waals surface area contributed by atoms with E-state index in [-0.39, 0.29) is 6.61 Å². The van der Waals surface area contributed by atoms with Crippen molar-refractivity contribution < 1.29 is 5.11 Å². The third-order valence-electron chi connectivity index (χ3n) is 2.68. The Morgan fingerprint density at radius 1 is 1.57 bits per heavy atom. The number of fused-ring (bicyclic) bond motifs is 1. The molecule has 1 heterocycles. The Labute approximate surface area is 84.2 Å². The summed E-state index contributed by atoms with van der Waals surface area (Å²) < 4.78 is 0. The van der Waals surface area contributed by atoms with Gasteiger partial charge in [0.2, 0.25) is 0 Å². The van der Waals surface area contributed by atoms with Crippen molar-refractivity contribution in [2.45, 2.75) is 25.3 Å². The van der Waals surface area contributed by atoms with Gasteiger partial charge in [0.15, 0.2) is 0 Å². The van der Waals surface area contributed by atoms with Crippen molar-refractivity contribution in [2.75, 3.05) is 13.2 Å². The van der Waals surface area contributed by atoms with E-state index in [2.05, 4.69) is 16.4 Å². The largest absolute Gasteiger partial charge is 0.396 e. The number of aliphatic hydroxyl groups excluding tert-OH is 1. The molecule has 0 bridgehead atoms. The van der Waals surface area contributed by atoms with Crippen LogP contribution in [0.15, 0.2) is 18.3 Å². The second kappa shape index (κ2) is 4.53. The van der Waals surface area contributed by atoms with Crippen LogP contribution < -0.4 is 5.32 Å². The predicted octanol–water partition coefficient (Wildman–Crippen LogP) is 1.04. The summed E-state index contributed by atoms with van der Waals surface area (Å²) >= 11 is 0. The number of aryl methyl sites for hydroxylation is 1. The molecule has 0 aliphatic heterocycles. The van der Waals surface area contributed by atoms with Gasteiger partial charge in [0.25, 0.3) is 0 Å². The molecule has 0 amide bonds. The van der Waals surface area contributed by atoms with Gasteiger partial charge in [-0.15, -0.1) is 0 Å². The van der Waals surface area contributed by atoms with Gasteiger partial charge < -0.3 is 10.4 Å². The van der Waals surface area contributed by atoms with Crippen molar-refractivity contribution in [2.24, 2.45) is 0 Å². The van der Waals surface area contributed by atoms with Gasteiger partial charge in [-0.3, -0.25) is 4.98 Å². The summed E-state index contributed by atoms with van der Waals surface area (Å²) in [4.78, 5) is 4.39. The monoisotopic (exact) mass is 192 g/mol. The quantitative estimate of drug-likeness (QED) is 0.701. The van der Waals surface area contributed by atoms with Crippen molar-refractivity contribution in [1.29, 1.82) is 0 Å². The van der Waals surface area contributed by atoms with Crippen LogP contribution in [-0.2, 0) is 6.42 Å². The fourth-order valence-electron chi connectivity index (χ4n) is 1.97. The van der Waals surface area contributed by atoms with E-state index < -0.39 is 0 Å². The van der Waals surface area contributed by atoms with Gasteiger partial charge in [0.05, 0.1) is 11.7 Å². The van der Waals surface area contributed by atoms with Gasteiger partial charge >= 0.3 is 0 Å². The van der Waals surface area contributed by atoms with Crippen molar-refractivity contribution in [1.82, 2.24) is 10.3 Å². The number of aliphatic hydroxyl groups is 1. The molecule has 0 saturated carbocycles. The minimum Gasteiger partial charge on any atom is -0.396 e. The lowest BCUT2D eigenvalue weighted by molar-refractivity contribution is 0.283. The van der Waals surface area contributed by atoms with E-state index in [1.54, 1.807) is 0 Å². The Kier molecular flexibility index (Phi) is 3.11. The zero-order valence-electron chi connectivity index (χ0n) is 8.24. The second-order valence-corrected chi connectivity index (χ2v) is 3.67. The SMILES string of the molecule is OCCCNC1CCc2cccnc21. The van der Waals surface area contributed by atoms with Crippen LogP contribution >= 0.6 is 0 Å². The van der Waals surface area contributed by atoms with Crippen molar-refractivity contribution in [3.8, 4) is 0 Å². The summed E-state index contributed by atoms with van der Waals surface area (Å²) in [5.74, 6) is 0. The summed E-state index contributed by atoms with van der Waals surface area (Å²) in [5, 5.41) is 12.1. The fraction of sp³-hybridized carbons (Fsp3) is 0.545. The fourth-order valence-corrected chi connectivity index (χ4v) is 1.97. The van der Waals surface area contributed by atoms with E-state index in [1.165, 1.54) is 11.3 Å². The maximum atomic E-state index is 8.68. The van der Waals surface area contributed by atoms with Crippen LogP contribution in [0.25, 0.3) is 0 Å². The highest BCUT2D eigenvalue weighted by Gasteiger charge is 2.22. The molecule has 1 aliphatic rings. The minimum absolute atomic E-state index is 0.259. The molecule has 1 unspecified atom stereocenters. The summed E-state index contributed by atoms with van der Waals surface area (Å²) in [6.07, 6.45) is 4.93. The molecular formula is C11H16N2O. The van der Waals surface area contributed by atoms with E-state index in [1.807, 2.05) is 12.3 Å². The minimum atomic E-state index is 0.259. The predicted molar refractivity (Wildman–Crippen MR) is 55.0 cm³/mol. The normalized spacial score (nSPS) is 19.6. The summed E-state index contributed by atoms with van der Waals surface area (Å²) in [7, 11) is 0. The van der Waals surface area contributed by atoms with Gasteiger partial charge in [-0.25, -0.2) is 0 Å². The van der Waals surface area contributed by atoms with Gasteiger partial charge in [-0.2, -0.15) is 0 Å². The first-order valence-corrected chi connectivity index (χ1v) is 5.20. The Bertz CT molecular complexity index is 301. The lowest BCUT2D eigenvalue weighted by Gasteiger charge is -2.11. The highest BCUT2D eigenvalue weighted by molar-refractivity contribution is 5.27. The van der Waals surface area contributed by atoms with Gasteiger partial charge in [0.1, 0.15) is 0 Å². The molecular weight excluding hydrogens is 176 g/mol. The Morgan fingerprint density at radius 3 is 3.36 bits per heavy atom. The molecule has 0 fully saturated rings. The number of hydrogen-bond donors (Lipinski definition) is 2. The van der Waals surface area contributed by atoms with E-state index in [0.717, 1.165) is 25.8 Å². The summed E-state index contributed by atoms with van der Waals surface area (Å²) in [5.41, 5.74) is 2.57. The molecule has 14 heavy (non-hydrogen) atoms. The first-order valence-electron chi connectivity index (χ1n) is 5.20. The van der Waals surface area contributed by atoms with Crippen LogP contribution in [0, 0.1) is 0 Å². The number of aromatic nitrogens is 1. The molecule has 1 aliphatic carbocycles. The Morgan fingerprint density at radius 2 is 2.50 bits per heavy atom. The van der Waals surface area contributed by atoms with Crippen LogP contribution in [0.2, 0.25) is 0 Å². The molecule has 0 aromatic carbocycles. The van der Waals surface area contributed by atoms with Crippen LogP contribution in [0.3, 0.4) is 0 Å². The average Bonchev–Trinajstić information content (AvgIpc) is 2.63. The van der Waals surface area contributed by atoms with Gasteiger partial charge in [-0.05, 0) is 37.4 Å². The average molecular weight is 192 g/mol. The molecule has 0 saturated heterocycles. The number of rotatable bonds is 4. The van der Waals surface area contributed by atoms with Crippen molar-refractivity contribution in [3.63, 3.8) is 0 Å². The van der Waals surface area contributed by atoms with Crippen LogP contribution in [0.1, 0.15) is 30.1 Å². The highest BCUT2D eigenvalue weighted by Crippen LogP contribution is 2.28. The van der Waals surface area contributed by atoms with Crippen LogP contribution in [0.5, 0.6) is 0 Å². The summed E-state index contributed by atoms with van der Waals surface area (Å²) in [6.45, 7) is 1.13. The third kappa shape index (κ3) is 1.94. The number of pyridine rings is 1. The maximum Gasteiger partial charge on any atom is 0.0605 e. The number of nitrogens with zero attached hydrogens (tertiary/aromatic N) is 1. The van der Waals surface area contributed by atoms with E-state index in [4.69, 9.17) is 5.11 Å². The topological polar surface area (TPSA) is 45.1 Å². The molecule has 3 nitrogen and oxygen atoms in total. The first kappa shape index (κ1) is 9.62. The molecule has 2 N–H and O–H groups in total. The van der Waals surface area contributed by atoms with Crippen molar-refractivity contribution in [3.05, 3.63) is 29.6 Å². The summed E-state index contributed by atoms with van der Waals surface area (Å²) in [6, 6.07) is 4.54. The zero-order valence-corrected chi connectivity index (χ0v) is 8.24. The van der Waals surface area contributed by atoms with Gasteiger partial charge in [0, 0.05) is 12.8 Å². The second-order valence-electron chi connectivity index (χ2n) is 3.67. The van der Waals surface area contributed by atoms with Crippen molar-refractivity contribution >= 4 is 0 Å². The Hall–Kier alpha value is -0.930. The number of nitrogens with one attached hydrogen (secondary N) is 1. The number of hydrogen-bond acceptors (Lipinski definition) is 3. The third-order valence-corrected chi connectivity index (χ3v) is 2.68. The zero-order chi connectivity index (χ0) is 9.80.